The minimum Gasteiger partial charge on any atom is -0.437 e. The molecule has 1 fully saturated rings. The van der Waals surface area contributed by atoms with Crippen LogP contribution in [-0.4, -0.2) is 76.5 Å². The van der Waals surface area contributed by atoms with Crippen molar-refractivity contribution in [3.8, 4) is 11.3 Å². The largest absolute Gasteiger partial charge is 0.437 e. The minimum absolute atomic E-state index is 0.122. The Morgan fingerprint density at radius 3 is 2.43 bits per heavy atom. The van der Waals surface area contributed by atoms with Crippen LogP contribution in [0.2, 0.25) is 0 Å². The first-order valence-corrected chi connectivity index (χ1v) is 18.6. The highest BCUT2D eigenvalue weighted by Gasteiger charge is 2.34. The van der Waals surface area contributed by atoms with Crippen molar-refractivity contribution in [2.45, 2.75) is 57.4 Å². The van der Waals surface area contributed by atoms with Crippen LogP contribution in [0.4, 0.5) is 5.82 Å². The molecule has 2 atom stereocenters. The highest BCUT2D eigenvalue weighted by Crippen LogP contribution is 2.46. The molecule has 49 heavy (non-hydrogen) atoms. The average molecular weight is 691 g/mol. The zero-order valence-corrected chi connectivity index (χ0v) is 29.4. The van der Waals surface area contributed by atoms with Gasteiger partial charge in [-0.2, -0.15) is 4.98 Å². The zero-order chi connectivity index (χ0) is 35.1. The third-order valence-electron chi connectivity index (χ3n) is 8.91. The highest BCUT2D eigenvalue weighted by molar-refractivity contribution is 7.92. The number of aromatic nitrogens is 1. The van der Waals surface area contributed by atoms with Gasteiger partial charge in [0.1, 0.15) is 11.6 Å². The van der Waals surface area contributed by atoms with Crippen LogP contribution in [0.5, 0.6) is 0 Å². The third kappa shape index (κ3) is 8.86. The summed E-state index contributed by atoms with van der Waals surface area (Å²) < 4.78 is 39.4. The smallest absolute Gasteiger partial charge is 0.255 e. The van der Waals surface area contributed by atoms with Gasteiger partial charge in [-0.3, -0.25) is 13.9 Å². The molecule has 1 aliphatic carbocycles. The fraction of sp³-hybridized carbons (Fsp3) is 0.432. The van der Waals surface area contributed by atoms with Crippen LogP contribution in [0.1, 0.15) is 65.1 Å². The number of rotatable bonds is 17. The van der Waals surface area contributed by atoms with Crippen LogP contribution < -0.4 is 14.9 Å². The normalized spacial score (nSPS) is 14.4. The Morgan fingerprint density at radius 1 is 1.10 bits per heavy atom. The molecule has 0 aliphatic heterocycles. The van der Waals surface area contributed by atoms with Crippen molar-refractivity contribution in [1.82, 2.24) is 15.6 Å². The molecule has 0 spiro atoms. The molecule has 262 valence electrons. The van der Waals surface area contributed by atoms with Crippen LogP contribution >= 0.6 is 0 Å². The predicted molar refractivity (Wildman–Crippen MR) is 190 cm³/mol. The second kappa shape index (κ2) is 16.0. The summed E-state index contributed by atoms with van der Waals surface area (Å²) in [5, 5.41) is 16.1. The maximum absolute atomic E-state index is 13.3. The van der Waals surface area contributed by atoms with Gasteiger partial charge in [0.15, 0.2) is 0 Å². The highest BCUT2D eigenvalue weighted by atomic mass is 32.2. The molecule has 12 heteroatoms. The van der Waals surface area contributed by atoms with Gasteiger partial charge in [-0.1, -0.05) is 66.6 Å². The maximum atomic E-state index is 13.3. The van der Waals surface area contributed by atoms with Gasteiger partial charge in [-0.15, -0.1) is 0 Å². The van der Waals surface area contributed by atoms with Gasteiger partial charge < -0.3 is 24.9 Å². The molecular formula is C37H46N4O7S. The zero-order valence-electron chi connectivity index (χ0n) is 28.6. The molecule has 1 aliphatic rings. The summed E-state index contributed by atoms with van der Waals surface area (Å²) in [6.07, 6.45) is 4.93. The molecule has 0 bridgehead atoms. The van der Waals surface area contributed by atoms with Crippen molar-refractivity contribution in [3.05, 3.63) is 82.9 Å². The summed E-state index contributed by atoms with van der Waals surface area (Å²) >= 11 is 0. The molecule has 0 saturated heterocycles. The molecule has 3 N–H and O–H groups in total. The van der Waals surface area contributed by atoms with E-state index in [1.807, 2.05) is 67.6 Å². The number of methoxy groups -OCH3 is 1. The number of hydrogen-bond acceptors (Lipinski definition) is 8. The van der Waals surface area contributed by atoms with Crippen molar-refractivity contribution in [2.75, 3.05) is 44.5 Å². The van der Waals surface area contributed by atoms with Gasteiger partial charge in [0.05, 0.1) is 42.4 Å². The van der Waals surface area contributed by atoms with Crippen molar-refractivity contribution >= 4 is 38.8 Å². The number of sulfonamides is 1. The lowest BCUT2D eigenvalue weighted by Crippen LogP contribution is -2.43. The number of aliphatic hydroxyl groups excluding tert-OH is 1. The van der Waals surface area contributed by atoms with Gasteiger partial charge in [0, 0.05) is 26.3 Å². The number of amides is 2. The van der Waals surface area contributed by atoms with E-state index < -0.39 is 22.0 Å². The summed E-state index contributed by atoms with van der Waals surface area (Å²) in [5.74, 6) is -0.190. The second-order valence-corrected chi connectivity index (χ2v) is 14.7. The summed E-state index contributed by atoms with van der Waals surface area (Å²) in [7, 11) is -0.657. The van der Waals surface area contributed by atoms with Crippen molar-refractivity contribution in [2.24, 2.45) is 5.92 Å². The Bertz CT molecular complexity index is 1860. The van der Waals surface area contributed by atoms with Crippen LogP contribution in [0.25, 0.3) is 22.4 Å². The first kappa shape index (κ1) is 36.0. The Hall–Kier alpha value is -4.26. The molecule has 2 heterocycles. The van der Waals surface area contributed by atoms with E-state index in [1.54, 1.807) is 7.05 Å². The summed E-state index contributed by atoms with van der Waals surface area (Å²) in [6.45, 7) is 2.13. The SMILES string of the molecule is CNC(=O)c1c(-c2ccc(C)cc2)oc2nc(N(CCCC[C@H](COC)C(=O)N[C@H](CO)Cc3ccccc3)S(C)(=O)=O)c(C3CC3)cc12. The Morgan fingerprint density at radius 2 is 1.82 bits per heavy atom. The number of aryl methyl sites for hydroxylation is 1. The molecule has 1 saturated carbocycles. The van der Waals surface area contributed by atoms with Gasteiger partial charge in [-0.05, 0) is 62.1 Å². The first-order valence-electron chi connectivity index (χ1n) is 16.7. The molecule has 0 unspecified atom stereocenters. The third-order valence-corrected chi connectivity index (χ3v) is 10.1. The topological polar surface area (TPSA) is 151 Å². The number of benzene rings is 2. The number of nitrogens with one attached hydrogen (secondary N) is 2. The Kier molecular flexibility index (Phi) is 11.7. The number of furan rings is 1. The number of pyridine rings is 1. The number of carbonyl (C=O) groups is 2. The molecule has 11 nitrogen and oxygen atoms in total. The fourth-order valence-electron chi connectivity index (χ4n) is 6.13. The summed E-state index contributed by atoms with van der Waals surface area (Å²) in [5.41, 5.74) is 4.11. The number of carbonyl (C=O) groups excluding carboxylic acids is 2. The van der Waals surface area contributed by atoms with E-state index in [1.165, 1.54) is 11.4 Å². The number of aliphatic hydroxyl groups is 1. The van der Waals surface area contributed by atoms with Crippen molar-refractivity contribution in [1.29, 1.82) is 0 Å². The first-order chi connectivity index (χ1) is 23.5. The van der Waals surface area contributed by atoms with E-state index in [4.69, 9.17) is 14.1 Å². The molecule has 2 aromatic heterocycles. The Balaban J connectivity index is 1.36. The predicted octanol–water partition coefficient (Wildman–Crippen LogP) is 4.96. The number of fused-ring (bicyclic) bond motifs is 1. The summed E-state index contributed by atoms with van der Waals surface area (Å²) in [4.78, 5) is 31.1. The van der Waals surface area contributed by atoms with E-state index >= 15 is 0 Å². The molecule has 2 aromatic carbocycles. The van der Waals surface area contributed by atoms with Crippen LogP contribution in [0.3, 0.4) is 0 Å². The Labute approximate surface area is 288 Å². The van der Waals surface area contributed by atoms with Crippen molar-refractivity contribution < 1.29 is 32.3 Å². The monoisotopic (exact) mass is 690 g/mol. The van der Waals surface area contributed by atoms with Gasteiger partial charge >= 0.3 is 0 Å². The standard InChI is InChI=1S/C37H46N4O7S/c1-24-13-15-27(16-14-24)33-32(36(44)38-2)31-21-30(26-17-18-26)34(40-37(31)48-33)41(49(4,45)46)19-9-8-12-28(23-47-3)35(43)39-29(22-42)20-25-10-6-5-7-11-25/h5-7,10-11,13-16,21,26,28-29,42H,8-9,12,17-20,22-23H2,1-4H3,(H,38,44)(H,39,43)/t28-,29+/m1/s1. The number of ether oxygens (including phenoxy) is 1. The van der Waals surface area contributed by atoms with Crippen LogP contribution in [0.15, 0.2) is 65.1 Å². The average Bonchev–Trinajstić information content (AvgIpc) is 3.87. The van der Waals surface area contributed by atoms with E-state index in [2.05, 4.69) is 10.6 Å². The number of nitrogens with zero attached hydrogens (tertiary/aromatic N) is 2. The lowest BCUT2D eigenvalue weighted by atomic mass is 10.00. The maximum Gasteiger partial charge on any atom is 0.255 e. The van der Waals surface area contributed by atoms with E-state index in [-0.39, 0.29) is 43.2 Å². The molecule has 5 rings (SSSR count). The van der Waals surface area contributed by atoms with Gasteiger partial charge in [0.25, 0.3) is 5.91 Å². The van der Waals surface area contributed by atoms with Crippen LogP contribution in [0, 0.1) is 12.8 Å². The van der Waals surface area contributed by atoms with E-state index in [9.17, 15) is 23.1 Å². The lowest BCUT2D eigenvalue weighted by Gasteiger charge is -2.24. The van der Waals surface area contributed by atoms with Crippen molar-refractivity contribution in [3.63, 3.8) is 0 Å². The minimum atomic E-state index is -3.75. The van der Waals surface area contributed by atoms with Gasteiger partial charge in [-0.25, -0.2) is 8.42 Å². The molecular weight excluding hydrogens is 644 g/mol. The van der Waals surface area contributed by atoms with E-state index in [0.29, 0.717) is 48.2 Å². The summed E-state index contributed by atoms with van der Waals surface area (Å²) in [6, 6.07) is 18.7. The lowest BCUT2D eigenvalue weighted by molar-refractivity contribution is -0.128. The van der Waals surface area contributed by atoms with E-state index in [0.717, 1.165) is 41.4 Å². The molecule has 0 radical (unpaired) electrons. The number of anilines is 1. The molecule has 2 amide bonds. The molecule has 4 aromatic rings. The second-order valence-electron chi connectivity index (χ2n) is 12.8. The van der Waals surface area contributed by atoms with Crippen LogP contribution in [-0.2, 0) is 26.0 Å². The fourth-order valence-corrected chi connectivity index (χ4v) is 7.05. The number of unbranched alkanes of at least 4 members (excludes halogenated alkanes) is 1. The quantitative estimate of drug-likeness (QED) is 0.132. The number of hydrogen-bond donors (Lipinski definition) is 3. The van der Waals surface area contributed by atoms with Gasteiger partial charge in [0.2, 0.25) is 21.6 Å².